The molecule has 2 aromatic carbocycles. The molecular formula is C17H17N2O3P. The number of para-hydroxylation sites is 1. The van der Waals surface area contributed by atoms with E-state index >= 15 is 0 Å². The lowest BCUT2D eigenvalue weighted by molar-refractivity contribution is 0.286. The van der Waals surface area contributed by atoms with Crippen LogP contribution in [0.4, 0.5) is 0 Å². The van der Waals surface area contributed by atoms with Crippen molar-refractivity contribution in [2.45, 2.75) is 0 Å². The molecule has 0 saturated carbocycles. The van der Waals surface area contributed by atoms with Gasteiger partial charge in [0.1, 0.15) is 0 Å². The van der Waals surface area contributed by atoms with E-state index in [1.54, 1.807) is 4.68 Å². The highest BCUT2D eigenvalue weighted by atomic mass is 31.2. The summed E-state index contributed by atoms with van der Waals surface area (Å²) in [6, 6.07) is 19.3. The van der Waals surface area contributed by atoms with E-state index in [-0.39, 0.29) is 0 Å². The number of rotatable bonds is 5. The van der Waals surface area contributed by atoms with Gasteiger partial charge in [0, 0.05) is 26.0 Å². The van der Waals surface area contributed by atoms with Crippen molar-refractivity contribution in [1.29, 1.82) is 0 Å². The maximum absolute atomic E-state index is 12.9. The first-order valence-corrected chi connectivity index (χ1v) is 8.65. The zero-order chi connectivity index (χ0) is 16.3. The summed E-state index contributed by atoms with van der Waals surface area (Å²) in [6.07, 6.45) is 1.84. The molecule has 1 aromatic heterocycles. The normalized spacial score (nSPS) is 11.6. The highest BCUT2D eigenvalue weighted by molar-refractivity contribution is 7.62. The molecule has 0 atom stereocenters. The van der Waals surface area contributed by atoms with Crippen molar-refractivity contribution in [3.8, 4) is 16.8 Å². The molecule has 3 aromatic rings. The lowest BCUT2D eigenvalue weighted by atomic mass is 10.1. The van der Waals surface area contributed by atoms with Gasteiger partial charge in [-0.1, -0.05) is 48.5 Å². The Bertz CT molecular complexity index is 824. The Kier molecular flexibility index (Phi) is 4.44. The number of aromatic nitrogens is 2. The molecule has 0 spiro atoms. The molecule has 0 unspecified atom stereocenters. The van der Waals surface area contributed by atoms with Crippen LogP contribution in [0.5, 0.6) is 0 Å². The molecule has 0 N–H and O–H groups in total. The maximum Gasteiger partial charge on any atom is 0.381 e. The molecule has 0 aliphatic heterocycles. The molecule has 0 fully saturated rings. The monoisotopic (exact) mass is 328 g/mol. The van der Waals surface area contributed by atoms with Crippen molar-refractivity contribution in [3.05, 3.63) is 66.9 Å². The van der Waals surface area contributed by atoms with E-state index in [0.717, 1.165) is 16.8 Å². The quantitative estimate of drug-likeness (QED) is 0.671. The van der Waals surface area contributed by atoms with Crippen LogP contribution in [0.2, 0.25) is 0 Å². The first kappa shape index (κ1) is 15.7. The van der Waals surface area contributed by atoms with Crippen LogP contribution in [0.25, 0.3) is 16.8 Å². The standard InChI is InChI=1S/C17H17N2O3P/c1-21-23(20,22-2)17-16(14-9-5-3-6-10-14)13-19(18-17)15-11-7-4-8-12-15/h3-13H,1-2H3. The molecule has 5 nitrogen and oxygen atoms in total. The SMILES string of the molecule is COP(=O)(OC)c1nn(-c2ccccc2)cc1-c1ccccc1. The first-order valence-electron chi connectivity index (χ1n) is 7.10. The van der Waals surface area contributed by atoms with Gasteiger partial charge in [-0.2, -0.15) is 5.10 Å². The minimum atomic E-state index is -3.47. The number of nitrogens with zero attached hydrogens (tertiary/aromatic N) is 2. The summed E-state index contributed by atoms with van der Waals surface area (Å²) in [6.45, 7) is 0. The predicted octanol–water partition coefficient (Wildman–Crippen LogP) is 3.65. The van der Waals surface area contributed by atoms with Crippen LogP contribution >= 0.6 is 7.60 Å². The summed E-state index contributed by atoms with van der Waals surface area (Å²) in [5, 5.41) is 4.47. The van der Waals surface area contributed by atoms with Gasteiger partial charge >= 0.3 is 7.60 Å². The Labute approximate surface area is 135 Å². The second-order valence-corrected chi connectivity index (χ2v) is 7.02. The van der Waals surface area contributed by atoms with Crippen LogP contribution in [0.3, 0.4) is 0 Å². The Morgan fingerprint density at radius 1 is 0.913 bits per heavy atom. The molecule has 23 heavy (non-hydrogen) atoms. The van der Waals surface area contributed by atoms with Crippen molar-refractivity contribution in [1.82, 2.24) is 9.78 Å². The van der Waals surface area contributed by atoms with E-state index in [1.165, 1.54) is 14.2 Å². The van der Waals surface area contributed by atoms with Gasteiger partial charge in [-0.25, -0.2) is 4.68 Å². The van der Waals surface area contributed by atoms with Gasteiger partial charge in [0.15, 0.2) is 5.44 Å². The largest absolute Gasteiger partial charge is 0.381 e. The molecule has 1 heterocycles. The molecule has 0 saturated heterocycles. The topological polar surface area (TPSA) is 53.4 Å². The van der Waals surface area contributed by atoms with Gasteiger partial charge in [0.25, 0.3) is 0 Å². The fraction of sp³-hybridized carbons (Fsp3) is 0.118. The molecule has 0 radical (unpaired) electrons. The van der Waals surface area contributed by atoms with Crippen LogP contribution in [0.15, 0.2) is 66.9 Å². The van der Waals surface area contributed by atoms with E-state index in [2.05, 4.69) is 5.10 Å². The van der Waals surface area contributed by atoms with Crippen molar-refractivity contribution < 1.29 is 13.6 Å². The maximum atomic E-state index is 12.9. The second-order valence-electron chi connectivity index (χ2n) is 4.88. The average molecular weight is 328 g/mol. The van der Waals surface area contributed by atoms with E-state index in [9.17, 15) is 4.57 Å². The molecular weight excluding hydrogens is 311 g/mol. The van der Waals surface area contributed by atoms with Crippen molar-refractivity contribution >= 4 is 13.0 Å². The molecule has 118 valence electrons. The fourth-order valence-electron chi connectivity index (χ4n) is 2.35. The van der Waals surface area contributed by atoms with Crippen LogP contribution < -0.4 is 5.44 Å². The lowest BCUT2D eigenvalue weighted by Crippen LogP contribution is -2.13. The van der Waals surface area contributed by atoms with Crippen molar-refractivity contribution in [2.75, 3.05) is 14.2 Å². The molecule has 3 rings (SSSR count). The second kappa shape index (κ2) is 6.50. The van der Waals surface area contributed by atoms with Crippen LogP contribution in [-0.2, 0) is 13.6 Å². The molecule has 0 aliphatic carbocycles. The number of hydrogen-bond acceptors (Lipinski definition) is 4. The molecule has 0 aliphatic rings. The minimum absolute atomic E-state index is 0.303. The highest BCUT2D eigenvalue weighted by Crippen LogP contribution is 2.47. The number of benzene rings is 2. The van der Waals surface area contributed by atoms with E-state index in [0.29, 0.717) is 5.44 Å². The highest BCUT2D eigenvalue weighted by Gasteiger charge is 2.32. The van der Waals surface area contributed by atoms with E-state index in [4.69, 9.17) is 9.05 Å². The minimum Gasteiger partial charge on any atom is -0.307 e. The van der Waals surface area contributed by atoms with Gasteiger partial charge in [0.2, 0.25) is 0 Å². The van der Waals surface area contributed by atoms with E-state index in [1.807, 2.05) is 66.9 Å². The third kappa shape index (κ3) is 2.99. The smallest absolute Gasteiger partial charge is 0.307 e. The van der Waals surface area contributed by atoms with Crippen molar-refractivity contribution in [2.24, 2.45) is 0 Å². The Morgan fingerprint density at radius 3 is 2.04 bits per heavy atom. The first-order chi connectivity index (χ1) is 11.2. The van der Waals surface area contributed by atoms with Crippen molar-refractivity contribution in [3.63, 3.8) is 0 Å². The molecule has 0 amide bonds. The van der Waals surface area contributed by atoms with Gasteiger partial charge in [0.05, 0.1) is 5.69 Å². The summed E-state index contributed by atoms with van der Waals surface area (Å²) in [7, 11) is -0.745. The summed E-state index contributed by atoms with van der Waals surface area (Å²) in [4.78, 5) is 0. The van der Waals surface area contributed by atoms with E-state index < -0.39 is 7.60 Å². The Morgan fingerprint density at radius 2 is 1.48 bits per heavy atom. The Hall–Kier alpha value is -2.20. The summed E-state index contributed by atoms with van der Waals surface area (Å²) < 4.78 is 24.8. The van der Waals surface area contributed by atoms with Crippen LogP contribution in [0, 0.1) is 0 Å². The third-order valence-corrected chi connectivity index (χ3v) is 5.35. The fourth-order valence-corrected chi connectivity index (χ4v) is 3.53. The Balaban J connectivity index is 2.21. The zero-order valence-electron chi connectivity index (χ0n) is 12.9. The van der Waals surface area contributed by atoms with Crippen LogP contribution in [-0.4, -0.2) is 24.0 Å². The van der Waals surface area contributed by atoms with Gasteiger partial charge in [-0.15, -0.1) is 0 Å². The summed E-state index contributed by atoms with van der Waals surface area (Å²) in [5.41, 5.74) is 2.80. The van der Waals surface area contributed by atoms with Crippen LogP contribution in [0.1, 0.15) is 0 Å². The number of hydrogen-bond donors (Lipinski definition) is 0. The third-order valence-electron chi connectivity index (χ3n) is 3.54. The predicted molar refractivity (Wildman–Crippen MR) is 90.3 cm³/mol. The molecule has 6 heteroatoms. The van der Waals surface area contributed by atoms with Gasteiger partial charge < -0.3 is 9.05 Å². The molecule has 0 bridgehead atoms. The average Bonchev–Trinajstić information content (AvgIpc) is 3.08. The van der Waals surface area contributed by atoms with Gasteiger partial charge in [-0.3, -0.25) is 4.57 Å². The zero-order valence-corrected chi connectivity index (χ0v) is 13.8. The summed E-state index contributed by atoms with van der Waals surface area (Å²) in [5.74, 6) is 0. The summed E-state index contributed by atoms with van der Waals surface area (Å²) >= 11 is 0. The lowest BCUT2D eigenvalue weighted by Gasteiger charge is -2.12. The van der Waals surface area contributed by atoms with Gasteiger partial charge in [-0.05, 0) is 17.7 Å².